The van der Waals surface area contributed by atoms with E-state index in [0.717, 1.165) is 58.7 Å². The van der Waals surface area contributed by atoms with Crippen LogP contribution >= 0.6 is 0 Å². The lowest BCUT2D eigenvalue weighted by atomic mass is 9.92. The zero-order valence-electron chi connectivity index (χ0n) is 31.3. The Kier molecular flexibility index (Phi) is 17.4. The first kappa shape index (κ1) is 40.3. The van der Waals surface area contributed by atoms with Gasteiger partial charge in [0.05, 0.1) is 13.2 Å². The molecule has 0 heterocycles. The van der Waals surface area contributed by atoms with Crippen LogP contribution in [0.25, 0.3) is 32.7 Å². The largest absolute Gasteiger partial charge is 0.494 e. The minimum atomic E-state index is -1.10. The highest BCUT2D eigenvalue weighted by Gasteiger charge is 2.21. The van der Waals surface area contributed by atoms with Crippen LogP contribution < -0.4 is 18.9 Å². The molecule has 0 bridgehead atoms. The molecule has 0 unspecified atom stereocenters. The summed E-state index contributed by atoms with van der Waals surface area (Å²) in [4.78, 5) is 23.2. The molecule has 0 fully saturated rings. The SMILES string of the molecule is CCCCCCCCCCOc1ccc2c(-c3c(OCC(=O)O)ccc4cc(OCCCCCCCCCC)ccc34)c(OCC(=O)O)ccc2c1. The number of carbonyl (C=O) groups is 2. The van der Waals surface area contributed by atoms with Gasteiger partial charge in [-0.3, -0.25) is 0 Å². The lowest BCUT2D eigenvalue weighted by Crippen LogP contribution is -2.11. The van der Waals surface area contributed by atoms with E-state index in [1.165, 1.54) is 77.0 Å². The van der Waals surface area contributed by atoms with Crippen molar-refractivity contribution in [2.24, 2.45) is 0 Å². The molecule has 8 heteroatoms. The van der Waals surface area contributed by atoms with E-state index in [-0.39, 0.29) is 0 Å². The Morgan fingerprint density at radius 1 is 0.462 bits per heavy atom. The summed E-state index contributed by atoms with van der Waals surface area (Å²) in [7, 11) is 0. The van der Waals surface area contributed by atoms with Crippen LogP contribution in [-0.2, 0) is 9.59 Å². The van der Waals surface area contributed by atoms with Crippen LogP contribution in [0.4, 0.5) is 0 Å². The molecule has 0 saturated heterocycles. The zero-order chi connectivity index (χ0) is 37.0. The Labute approximate surface area is 309 Å². The summed E-state index contributed by atoms with van der Waals surface area (Å²) in [5, 5.41) is 22.3. The number of hydrogen-bond donors (Lipinski definition) is 2. The van der Waals surface area contributed by atoms with Crippen molar-refractivity contribution in [1.82, 2.24) is 0 Å². The van der Waals surface area contributed by atoms with Gasteiger partial charge in [0, 0.05) is 11.1 Å². The molecule has 0 amide bonds. The minimum absolute atomic E-state index is 0.352. The van der Waals surface area contributed by atoms with Crippen LogP contribution in [0.5, 0.6) is 23.0 Å². The number of unbranched alkanes of at least 4 members (excludes halogenated alkanes) is 14. The predicted molar refractivity (Wildman–Crippen MR) is 209 cm³/mol. The topological polar surface area (TPSA) is 112 Å². The van der Waals surface area contributed by atoms with Gasteiger partial charge in [0.15, 0.2) is 13.2 Å². The van der Waals surface area contributed by atoms with Crippen LogP contribution in [-0.4, -0.2) is 48.6 Å². The lowest BCUT2D eigenvalue weighted by molar-refractivity contribution is -0.140. The number of carboxylic acids is 2. The molecule has 2 N–H and O–H groups in total. The first-order chi connectivity index (χ1) is 25.4. The first-order valence-corrected chi connectivity index (χ1v) is 19.5. The molecule has 0 atom stereocenters. The number of benzene rings is 4. The third-order valence-electron chi connectivity index (χ3n) is 9.39. The van der Waals surface area contributed by atoms with Crippen molar-refractivity contribution in [2.75, 3.05) is 26.4 Å². The Morgan fingerprint density at radius 2 is 0.827 bits per heavy atom. The van der Waals surface area contributed by atoms with Gasteiger partial charge in [0.25, 0.3) is 0 Å². The maximum atomic E-state index is 11.6. The average Bonchev–Trinajstić information content (AvgIpc) is 3.14. The van der Waals surface area contributed by atoms with Crippen molar-refractivity contribution in [2.45, 2.75) is 117 Å². The smallest absolute Gasteiger partial charge is 0.341 e. The Morgan fingerprint density at radius 3 is 1.19 bits per heavy atom. The summed E-state index contributed by atoms with van der Waals surface area (Å²) in [5.74, 6) is -0.00248. The molecule has 0 radical (unpaired) electrons. The van der Waals surface area contributed by atoms with Gasteiger partial charge in [0.2, 0.25) is 0 Å². The van der Waals surface area contributed by atoms with Crippen molar-refractivity contribution in [3.8, 4) is 34.1 Å². The number of carboxylic acid groups (broad SMARTS) is 2. The van der Waals surface area contributed by atoms with E-state index < -0.39 is 25.2 Å². The number of rotatable bonds is 27. The van der Waals surface area contributed by atoms with Crippen LogP contribution in [0, 0.1) is 0 Å². The fourth-order valence-electron chi connectivity index (χ4n) is 6.64. The van der Waals surface area contributed by atoms with Gasteiger partial charge < -0.3 is 29.2 Å². The molecule has 8 nitrogen and oxygen atoms in total. The van der Waals surface area contributed by atoms with E-state index in [1.54, 1.807) is 12.1 Å². The summed E-state index contributed by atoms with van der Waals surface area (Å²) < 4.78 is 24.0. The minimum Gasteiger partial charge on any atom is -0.494 e. The first-order valence-electron chi connectivity index (χ1n) is 19.5. The predicted octanol–water partition coefficient (Wildman–Crippen LogP) is 11.6. The van der Waals surface area contributed by atoms with Crippen LogP contribution in [0.3, 0.4) is 0 Å². The zero-order valence-corrected chi connectivity index (χ0v) is 31.3. The average molecular weight is 715 g/mol. The molecule has 0 aliphatic heterocycles. The highest BCUT2D eigenvalue weighted by molar-refractivity contribution is 6.10. The van der Waals surface area contributed by atoms with Gasteiger partial charge >= 0.3 is 11.9 Å². The molecule has 4 aromatic rings. The fourth-order valence-corrected chi connectivity index (χ4v) is 6.64. The Balaban J connectivity index is 1.59. The molecule has 4 aromatic carbocycles. The monoisotopic (exact) mass is 714 g/mol. The van der Waals surface area contributed by atoms with Crippen molar-refractivity contribution in [1.29, 1.82) is 0 Å². The molecule has 0 saturated carbocycles. The Bertz CT molecular complexity index is 1570. The third kappa shape index (κ3) is 12.9. The van der Waals surface area contributed by atoms with Crippen LogP contribution in [0.15, 0.2) is 60.7 Å². The second kappa shape index (κ2) is 22.5. The van der Waals surface area contributed by atoms with Crippen molar-refractivity contribution in [3.05, 3.63) is 60.7 Å². The summed E-state index contributed by atoms with van der Waals surface area (Å²) in [5.41, 5.74) is 1.24. The van der Waals surface area contributed by atoms with Crippen LogP contribution in [0.2, 0.25) is 0 Å². The number of hydrogen-bond acceptors (Lipinski definition) is 6. The quantitative estimate of drug-likeness (QED) is 0.0587. The molecule has 4 rings (SSSR count). The van der Waals surface area contributed by atoms with E-state index in [4.69, 9.17) is 18.9 Å². The van der Waals surface area contributed by atoms with Gasteiger partial charge in [0.1, 0.15) is 23.0 Å². The molecule has 0 aromatic heterocycles. The molecule has 52 heavy (non-hydrogen) atoms. The fraction of sp³-hybridized carbons (Fsp3) is 0.500. The second-order valence-corrected chi connectivity index (χ2v) is 13.7. The summed E-state index contributed by atoms with van der Waals surface area (Å²) in [6.07, 6.45) is 19.6. The molecule has 0 aliphatic rings. The van der Waals surface area contributed by atoms with Gasteiger partial charge in [-0.25, -0.2) is 9.59 Å². The van der Waals surface area contributed by atoms with E-state index in [1.807, 2.05) is 48.5 Å². The number of fused-ring (bicyclic) bond motifs is 2. The highest BCUT2D eigenvalue weighted by atomic mass is 16.5. The Hall–Kier alpha value is -4.46. The van der Waals surface area contributed by atoms with Crippen molar-refractivity contribution >= 4 is 33.5 Å². The summed E-state index contributed by atoms with van der Waals surface area (Å²) in [6, 6.07) is 19.0. The molecular formula is C44H58O8. The molecular weight excluding hydrogens is 656 g/mol. The maximum absolute atomic E-state index is 11.6. The van der Waals surface area contributed by atoms with E-state index in [0.29, 0.717) is 35.8 Å². The normalized spacial score (nSPS) is 11.2. The van der Waals surface area contributed by atoms with Gasteiger partial charge in [-0.1, -0.05) is 116 Å². The van der Waals surface area contributed by atoms with Crippen molar-refractivity contribution < 1.29 is 38.7 Å². The third-order valence-corrected chi connectivity index (χ3v) is 9.39. The number of aliphatic carboxylic acids is 2. The lowest BCUT2D eigenvalue weighted by Gasteiger charge is -2.20. The highest BCUT2D eigenvalue weighted by Crippen LogP contribution is 2.46. The van der Waals surface area contributed by atoms with E-state index in [9.17, 15) is 19.8 Å². The van der Waals surface area contributed by atoms with E-state index in [2.05, 4.69) is 13.8 Å². The van der Waals surface area contributed by atoms with Crippen molar-refractivity contribution in [3.63, 3.8) is 0 Å². The standard InChI is InChI=1S/C44H58O8/c1-3-5-7-9-11-13-15-17-27-49-35-21-23-37-33(29-35)19-25-39(51-31-41(45)46)43(37)44-38-24-22-36(50-28-18-16-14-12-10-8-6-4-2)30-34(38)20-26-40(44)52-32-42(47)48/h19-26,29-30H,3-18,27-28,31-32H2,1-2H3,(H,45,46)(H,47,48). The second-order valence-electron chi connectivity index (χ2n) is 13.7. The summed E-state index contributed by atoms with van der Waals surface area (Å²) in [6.45, 7) is 4.66. The number of ether oxygens (including phenoxy) is 4. The maximum Gasteiger partial charge on any atom is 0.341 e. The molecule has 0 spiro atoms. The van der Waals surface area contributed by atoms with E-state index >= 15 is 0 Å². The van der Waals surface area contributed by atoms with Gasteiger partial charge in [-0.2, -0.15) is 0 Å². The molecule has 0 aliphatic carbocycles. The van der Waals surface area contributed by atoms with Gasteiger partial charge in [-0.05, 0) is 82.9 Å². The van der Waals surface area contributed by atoms with Gasteiger partial charge in [-0.15, -0.1) is 0 Å². The molecule has 282 valence electrons. The van der Waals surface area contributed by atoms with Crippen LogP contribution in [0.1, 0.15) is 117 Å². The summed E-state index contributed by atoms with van der Waals surface area (Å²) >= 11 is 0.